The van der Waals surface area contributed by atoms with E-state index >= 15 is 0 Å². The Morgan fingerprint density at radius 2 is 1.29 bits per heavy atom. The van der Waals surface area contributed by atoms with Gasteiger partial charge in [0.2, 0.25) is 0 Å². The average Bonchev–Trinajstić information content (AvgIpc) is 2.08. The number of hydrogen-bond acceptors (Lipinski definition) is 1. The van der Waals surface area contributed by atoms with E-state index in [-0.39, 0.29) is 6.10 Å². The molecule has 78 valence electrons. The molecule has 5 fully saturated rings. The number of aliphatic hydroxyl groups excluding tert-OH is 1. The highest BCUT2D eigenvalue weighted by atomic mass is 16.3. The first-order valence-electron chi connectivity index (χ1n) is 6.44. The lowest BCUT2D eigenvalue weighted by Gasteiger charge is -2.66. The molecule has 0 atom stereocenters. The third kappa shape index (κ3) is 0.816. The molecule has 0 unspecified atom stereocenters. The number of aliphatic hydroxyl groups is 1. The lowest BCUT2D eigenvalue weighted by molar-refractivity contribution is -0.192. The van der Waals surface area contributed by atoms with Gasteiger partial charge in [-0.2, -0.15) is 0 Å². The first-order valence-corrected chi connectivity index (χ1v) is 6.44. The van der Waals surface area contributed by atoms with Crippen molar-refractivity contribution in [2.75, 3.05) is 0 Å². The van der Waals surface area contributed by atoms with E-state index in [0.717, 1.165) is 36.5 Å². The molecule has 0 aromatic carbocycles. The largest absolute Gasteiger partial charge is 0.393 e. The summed E-state index contributed by atoms with van der Waals surface area (Å²) in [6, 6.07) is 0. The Bertz CT molecular complexity index is 234. The van der Waals surface area contributed by atoms with Gasteiger partial charge in [0.1, 0.15) is 0 Å². The third-order valence-corrected chi connectivity index (χ3v) is 6.00. The van der Waals surface area contributed by atoms with Crippen LogP contribution in [0.3, 0.4) is 0 Å². The monoisotopic (exact) mass is 192 g/mol. The highest BCUT2D eigenvalue weighted by molar-refractivity contribution is 5.11. The minimum Gasteiger partial charge on any atom is -0.393 e. The summed E-state index contributed by atoms with van der Waals surface area (Å²) in [6.07, 6.45) is 9.97. The van der Waals surface area contributed by atoms with Crippen molar-refractivity contribution in [1.82, 2.24) is 0 Å². The van der Waals surface area contributed by atoms with Gasteiger partial charge in [0.25, 0.3) is 0 Å². The van der Waals surface area contributed by atoms with Crippen molar-refractivity contribution in [1.29, 1.82) is 0 Å². The molecule has 0 heterocycles. The molecule has 14 heavy (non-hydrogen) atoms. The summed E-state index contributed by atoms with van der Waals surface area (Å²) in [5.74, 6) is 4.20. The van der Waals surface area contributed by atoms with Gasteiger partial charge >= 0.3 is 0 Å². The summed E-state index contributed by atoms with van der Waals surface area (Å²) in [5.41, 5.74) is 0.646. The Kier molecular flexibility index (Phi) is 1.38. The van der Waals surface area contributed by atoms with Crippen LogP contribution in [-0.4, -0.2) is 11.2 Å². The molecule has 5 saturated carbocycles. The van der Waals surface area contributed by atoms with E-state index in [0.29, 0.717) is 5.41 Å². The second kappa shape index (κ2) is 2.37. The van der Waals surface area contributed by atoms with E-state index in [9.17, 15) is 5.11 Å². The van der Waals surface area contributed by atoms with Crippen LogP contribution in [0.15, 0.2) is 0 Å². The van der Waals surface area contributed by atoms with E-state index in [1.165, 1.54) is 25.7 Å². The fourth-order valence-corrected chi connectivity index (χ4v) is 5.61. The smallest absolute Gasteiger partial charge is 0.0551 e. The van der Waals surface area contributed by atoms with Gasteiger partial charge in [-0.3, -0.25) is 0 Å². The zero-order chi connectivity index (χ0) is 9.34. The van der Waals surface area contributed by atoms with Crippen molar-refractivity contribution in [2.24, 2.45) is 29.1 Å². The molecule has 0 radical (unpaired) electrons. The highest BCUT2D eigenvalue weighted by Crippen LogP contribution is 2.68. The van der Waals surface area contributed by atoms with Gasteiger partial charge in [-0.05, 0) is 74.0 Å². The summed E-state index contributed by atoms with van der Waals surface area (Å²) < 4.78 is 0. The zero-order valence-corrected chi connectivity index (χ0v) is 8.78. The molecule has 0 saturated heterocycles. The summed E-state index contributed by atoms with van der Waals surface area (Å²) in [6.45, 7) is 0. The standard InChI is InChI=1S/C13H20O/c14-12-6-13(7-12)10-2-8-1-9(4-10)5-11(13)3-8/h8-12,14H,1-7H2. The second-order valence-electron chi connectivity index (χ2n) is 6.60. The van der Waals surface area contributed by atoms with Crippen LogP contribution in [0.5, 0.6) is 0 Å². The van der Waals surface area contributed by atoms with Crippen LogP contribution >= 0.6 is 0 Å². The predicted octanol–water partition coefficient (Wildman–Crippen LogP) is 2.58. The van der Waals surface area contributed by atoms with Crippen LogP contribution in [0.25, 0.3) is 0 Å². The van der Waals surface area contributed by atoms with Crippen LogP contribution < -0.4 is 0 Å². The maximum absolute atomic E-state index is 9.60. The van der Waals surface area contributed by atoms with Crippen LogP contribution in [0.1, 0.15) is 44.9 Å². The quantitative estimate of drug-likeness (QED) is 0.625. The van der Waals surface area contributed by atoms with E-state index < -0.39 is 0 Å². The topological polar surface area (TPSA) is 20.2 Å². The molecule has 1 spiro atoms. The van der Waals surface area contributed by atoms with Gasteiger partial charge in [0.15, 0.2) is 0 Å². The fourth-order valence-electron chi connectivity index (χ4n) is 5.61. The maximum atomic E-state index is 9.60. The van der Waals surface area contributed by atoms with Gasteiger partial charge in [-0.1, -0.05) is 0 Å². The summed E-state index contributed by atoms with van der Waals surface area (Å²) in [7, 11) is 0. The summed E-state index contributed by atoms with van der Waals surface area (Å²) >= 11 is 0. The highest BCUT2D eigenvalue weighted by Gasteiger charge is 2.61. The minimum absolute atomic E-state index is 0.0625. The Balaban J connectivity index is 1.68. The fraction of sp³-hybridized carbons (Fsp3) is 1.00. The van der Waals surface area contributed by atoms with E-state index in [4.69, 9.17) is 0 Å². The van der Waals surface area contributed by atoms with Gasteiger partial charge in [0.05, 0.1) is 6.10 Å². The maximum Gasteiger partial charge on any atom is 0.0551 e. The first-order chi connectivity index (χ1) is 6.76. The van der Waals surface area contributed by atoms with Crippen molar-refractivity contribution in [3.05, 3.63) is 0 Å². The van der Waals surface area contributed by atoms with Crippen LogP contribution in [-0.2, 0) is 0 Å². The normalized spacial score (nSPS) is 64.5. The van der Waals surface area contributed by atoms with Crippen molar-refractivity contribution in [2.45, 2.75) is 51.0 Å². The first kappa shape index (κ1) is 8.15. The predicted molar refractivity (Wildman–Crippen MR) is 54.7 cm³/mol. The molecular formula is C13H20O. The van der Waals surface area contributed by atoms with E-state index in [2.05, 4.69) is 0 Å². The van der Waals surface area contributed by atoms with Crippen molar-refractivity contribution in [3.8, 4) is 0 Å². The summed E-state index contributed by atoms with van der Waals surface area (Å²) in [5, 5.41) is 9.60. The lowest BCUT2D eigenvalue weighted by atomic mass is 9.39. The van der Waals surface area contributed by atoms with Gasteiger partial charge in [-0.25, -0.2) is 0 Å². The van der Waals surface area contributed by atoms with Crippen LogP contribution in [0.4, 0.5) is 0 Å². The minimum atomic E-state index is 0.0625. The molecule has 0 aromatic rings. The van der Waals surface area contributed by atoms with Gasteiger partial charge in [0, 0.05) is 0 Å². The molecule has 5 aliphatic rings. The molecule has 0 amide bonds. The lowest BCUT2D eigenvalue weighted by Crippen LogP contribution is -2.59. The zero-order valence-electron chi connectivity index (χ0n) is 8.78. The van der Waals surface area contributed by atoms with Crippen molar-refractivity contribution < 1.29 is 5.11 Å². The van der Waals surface area contributed by atoms with E-state index in [1.807, 2.05) is 0 Å². The van der Waals surface area contributed by atoms with Crippen LogP contribution in [0, 0.1) is 29.1 Å². The molecule has 4 bridgehead atoms. The second-order valence-corrected chi connectivity index (χ2v) is 6.60. The molecule has 0 aromatic heterocycles. The molecule has 1 nitrogen and oxygen atoms in total. The Hall–Kier alpha value is -0.0400. The van der Waals surface area contributed by atoms with Crippen molar-refractivity contribution >= 4 is 0 Å². The Labute approximate surface area is 85.9 Å². The number of hydrogen-bond donors (Lipinski definition) is 1. The third-order valence-electron chi connectivity index (χ3n) is 6.00. The van der Waals surface area contributed by atoms with E-state index in [1.54, 1.807) is 6.42 Å². The molecule has 1 N–H and O–H groups in total. The van der Waals surface area contributed by atoms with Gasteiger partial charge < -0.3 is 5.11 Å². The molecule has 0 aliphatic heterocycles. The SMILES string of the molecule is OC1CC2(C1)C1CC3CC(C1)CC2C3. The van der Waals surface area contributed by atoms with Crippen LogP contribution in [0.2, 0.25) is 0 Å². The molecular weight excluding hydrogens is 172 g/mol. The average molecular weight is 192 g/mol. The number of rotatable bonds is 0. The van der Waals surface area contributed by atoms with Gasteiger partial charge in [-0.15, -0.1) is 0 Å². The molecule has 5 rings (SSSR count). The molecule has 1 heteroatoms. The Morgan fingerprint density at radius 1 is 0.786 bits per heavy atom. The Morgan fingerprint density at radius 3 is 1.71 bits per heavy atom. The van der Waals surface area contributed by atoms with Crippen molar-refractivity contribution in [3.63, 3.8) is 0 Å². The summed E-state index contributed by atoms with van der Waals surface area (Å²) in [4.78, 5) is 0. The molecule has 5 aliphatic carbocycles.